The van der Waals surface area contributed by atoms with Crippen LogP contribution >= 0.6 is 0 Å². The Hall–Kier alpha value is -0.820. The Morgan fingerprint density at radius 2 is 1.93 bits per heavy atom. The normalized spacial score (nSPS) is 32.9. The molecule has 76 valence electrons. The van der Waals surface area contributed by atoms with Gasteiger partial charge in [-0.15, -0.1) is 0 Å². The average molecular weight is 190 g/mol. The molecule has 0 spiro atoms. The van der Waals surface area contributed by atoms with Crippen molar-refractivity contribution in [3.8, 4) is 0 Å². The number of hydrogen-bond donors (Lipinski definition) is 1. The summed E-state index contributed by atoms with van der Waals surface area (Å²) in [4.78, 5) is 0. The summed E-state index contributed by atoms with van der Waals surface area (Å²) in [6, 6.07) is 10.1. The maximum absolute atomic E-state index is 10.6. The van der Waals surface area contributed by atoms with E-state index in [1.807, 2.05) is 30.3 Å². The van der Waals surface area contributed by atoms with Crippen LogP contribution in [-0.4, -0.2) is 5.11 Å². The van der Waals surface area contributed by atoms with Crippen molar-refractivity contribution < 1.29 is 5.11 Å². The molecule has 0 heterocycles. The van der Waals surface area contributed by atoms with E-state index in [2.05, 4.69) is 6.92 Å². The maximum Gasteiger partial charge on any atom is 0.0921 e. The van der Waals surface area contributed by atoms with Gasteiger partial charge in [-0.2, -0.15) is 0 Å². The molecule has 1 unspecified atom stereocenters. The van der Waals surface area contributed by atoms with Gasteiger partial charge < -0.3 is 5.11 Å². The van der Waals surface area contributed by atoms with Crippen molar-refractivity contribution >= 4 is 0 Å². The summed E-state index contributed by atoms with van der Waals surface area (Å²) in [5.41, 5.74) is 0.520. The van der Waals surface area contributed by atoms with Gasteiger partial charge in [0.15, 0.2) is 0 Å². The second kappa shape index (κ2) is 3.74. The van der Waals surface area contributed by atoms with E-state index >= 15 is 0 Å². The van der Waals surface area contributed by atoms with Crippen LogP contribution in [0.4, 0.5) is 0 Å². The molecule has 0 radical (unpaired) electrons. The Morgan fingerprint density at radius 1 is 1.21 bits per heavy atom. The maximum atomic E-state index is 10.6. The molecule has 1 heteroatoms. The van der Waals surface area contributed by atoms with E-state index in [-0.39, 0.29) is 0 Å². The second-order valence-electron chi connectivity index (χ2n) is 4.44. The number of rotatable bonds is 1. The van der Waals surface area contributed by atoms with Crippen LogP contribution in [0.1, 0.15) is 38.2 Å². The Kier molecular flexibility index (Phi) is 2.60. The monoisotopic (exact) mass is 190 g/mol. The highest BCUT2D eigenvalue weighted by Crippen LogP contribution is 2.41. The smallest absolute Gasteiger partial charge is 0.0921 e. The van der Waals surface area contributed by atoms with Gasteiger partial charge in [-0.1, -0.05) is 50.1 Å². The molecule has 0 aliphatic heterocycles. The summed E-state index contributed by atoms with van der Waals surface area (Å²) in [5, 5.41) is 10.6. The van der Waals surface area contributed by atoms with Crippen molar-refractivity contribution in [2.45, 2.75) is 38.2 Å². The van der Waals surface area contributed by atoms with Gasteiger partial charge in [-0.05, 0) is 24.3 Å². The molecule has 1 saturated carbocycles. The highest BCUT2D eigenvalue weighted by molar-refractivity contribution is 5.23. The molecule has 0 bridgehead atoms. The van der Waals surface area contributed by atoms with Gasteiger partial charge in [0.2, 0.25) is 0 Å². The molecular formula is C13H18O. The van der Waals surface area contributed by atoms with Crippen LogP contribution in [0, 0.1) is 5.92 Å². The first kappa shape index (κ1) is 9.72. The van der Waals surface area contributed by atoms with Crippen molar-refractivity contribution in [1.29, 1.82) is 0 Å². The van der Waals surface area contributed by atoms with Crippen LogP contribution in [0.15, 0.2) is 30.3 Å². The van der Waals surface area contributed by atoms with Gasteiger partial charge in [0, 0.05) is 0 Å². The third kappa shape index (κ3) is 1.57. The molecule has 14 heavy (non-hydrogen) atoms. The summed E-state index contributed by atoms with van der Waals surface area (Å²) < 4.78 is 0. The Labute approximate surface area is 85.8 Å². The first-order valence-electron chi connectivity index (χ1n) is 5.51. The van der Waals surface area contributed by atoms with E-state index in [0.717, 1.165) is 24.8 Å². The fourth-order valence-electron chi connectivity index (χ4n) is 2.49. The minimum atomic E-state index is -0.570. The molecule has 2 rings (SSSR count). The van der Waals surface area contributed by atoms with Crippen molar-refractivity contribution in [3.63, 3.8) is 0 Å². The predicted molar refractivity (Wildman–Crippen MR) is 58.0 cm³/mol. The topological polar surface area (TPSA) is 20.2 Å². The largest absolute Gasteiger partial charge is 0.385 e. The first-order valence-corrected chi connectivity index (χ1v) is 5.51. The quantitative estimate of drug-likeness (QED) is 0.721. The molecule has 0 saturated heterocycles. The van der Waals surface area contributed by atoms with E-state index in [1.54, 1.807) is 0 Å². The zero-order valence-electron chi connectivity index (χ0n) is 8.74. The minimum Gasteiger partial charge on any atom is -0.385 e. The van der Waals surface area contributed by atoms with Gasteiger partial charge >= 0.3 is 0 Å². The number of aliphatic hydroxyl groups is 1. The Balaban J connectivity index is 2.30. The minimum absolute atomic E-state index is 0.388. The lowest BCUT2D eigenvalue weighted by molar-refractivity contribution is -0.0469. The molecule has 1 aromatic rings. The van der Waals surface area contributed by atoms with Crippen LogP contribution in [0.25, 0.3) is 0 Å². The lowest BCUT2D eigenvalue weighted by Gasteiger charge is -2.38. The SMILES string of the molecule is CC1CCCC[C@]1(O)c1ccccc1. The summed E-state index contributed by atoms with van der Waals surface area (Å²) in [5.74, 6) is 0.388. The van der Waals surface area contributed by atoms with Crippen molar-refractivity contribution in [1.82, 2.24) is 0 Å². The van der Waals surface area contributed by atoms with E-state index in [4.69, 9.17) is 0 Å². The Morgan fingerprint density at radius 3 is 2.57 bits per heavy atom. The van der Waals surface area contributed by atoms with Gasteiger partial charge in [-0.3, -0.25) is 0 Å². The summed E-state index contributed by atoms with van der Waals surface area (Å²) in [7, 11) is 0. The van der Waals surface area contributed by atoms with Gasteiger partial charge in [-0.25, -0.2) is 0 Å². The third-order valence-electron chi connectivity index (χ3n) is 3.53. The first-order chi connectivity index (χ1) is 6.73. The lowest BCUT2D eigenvalue weighted by Crippen LogP contribution is -2.36. The fraction of sp³-hybridized carbons (Fsp3) is 0.538. The summed E-state index contributed by atoms with van der Waals surface area (Å²) in [6.45, 7) is 2.16. The standard InChI is InChI=1S/C13H18O/c1-11-7-5-6-10-13(11,14)12-8-3-2-4-9-12/h2-4,8-9,11,14H,5-7,10H2,1H3/t11?,13-/m1/s1. The molecule has 1 fully saturated rings. The van der Waals surface area contributed by atoms with Crippen LogP contribution in [-0.2, 0) is 5.60 Å². The zero-order chi connectivity index (χ0) is 10.0. The van der Waals surface area contributed by atoms with Crippen molar-refractivity contribution in [3.05, 3.63) is 35.9 Å². The third-order valence-corrected chi connectivity index (χ3v) is 3.53. The van der Waals surface area contributed by atoms with Crippen LogP contribution in [0.5, 0.6) is 0 Å². The summed E-state index contributed by atoms with van der Waals surface area (Å²) >= 11 is 0. The molecular weight excluding hydrogens is 172 g/mol. The van der Waals surface area contributed by atoms with Gasteiger partial charge in [0.05, 0.1) is 5.60 Å². The average Bonchev–Trinajstić information content (AvgIpc) is 2.24. The van der Waals surface area contributed by atoms with Gasteiger partial charge in [0.1, 0.15) is 0 Å². The van der Waals surface area contributed by atoms with E-state index in [1.165, 1.54) is 6.42 Å². The molecule has 1 aliphatic carbocycles. The van der Waals surface area contributed by atoms with E-state index in [0.29, 0.717) is 5.92 Å². The molecule has 2 atom stereocenters. The van der Waals surface area contributed by atoms with Crippen LogP contribution in [0.2, 0.25) is 0 Å². The Bertz CT molecular complexity index is 293. The summed E-state index contributed by atoms with van der Waals surface area (Å²) in [6.07, 6.45) is 4.47. The zero-order valence-corrected chi connectivity index (χ0v) is 8.74. The van der Waals surface area contributed by atoms with Crippen molar-refractivity contribution in [2.75, 3.05) is 0 Å². The van der Waals surface area contributed by atoms with E-state index in [9.17, 15) is 5.11 Å². The fourth-order valence-corrected chi connectivity index (χ4v) is 2.49. The van der Waals surface area contributed by atoms with Crippen LogP contribution in [0.3, 0.4) is 0 Å². The van der Waals surface area contributed by atoms with Crippen molar-refractivity contribution in [2.24, 2.45) is 5.92 Å². The molecule has 0 aromatic heterocycles. The van der Waals surface area contributed by atoms with Gasteiger partial charge in [0.25, 0.3) is 0 Å². The molecule has 1 aromatic carbocycles. The van der Waals surface area contributed by atoms with Crippen LogP contribution < -0.4 is 0 Å². The second-order valence-corrected chi connectivity index (χ2v) is 4.44. The number of hydrogen-bond acceptors (Lipinski definition) is 1. The lowest BCUT2D eigenvalue weighted by atomic mass is 9.72. The highest BCUT2D eigenvalue weighted by Gasteiger charge is 2.37. The predicted octanol–water partition coefficient (Wildman–Crippen LogP) is 3.08. The molecule has 1 aliphatic rings. The number of benzene rings is 1. The molecule has 1 N–H and O–H groups in total. The highest BCUT2D eigenvalue weighted by atomic mass is 16.3. The van der Waals surface area contributed by atoms with E-state index < -0.39 is 5.60 Å². The molecule has 1 nitrogen and oxygen atoms in total. The molecule has 0 amide bonds.